The number of anilines is 3. The number of aromatic nitrogens is 2. The zero-order valence-corrected chi connectivity index (χ0v) is 14.6. The molecule has 1 aromatic heterocycles. The Kier molecular flexibility index (Phi) is 5.42. The highest BCUT2D eigenvalue weighted by Crippen LogP contribution is 2.30. The highest BCUT2D eigenvalue weighted by atomic mass is 32.2. The maximum Gasteiger partial charge on any atom is 0.302 e. The first kappa shape index (κ1) is 17.8. The lowest BCUT2D eigenvalue weighted by molar-refractivity contribution is 0.355. The van der Waals surface area contributed by atoms with E-state index in [9.17, 15) is 8.42 Å². The molecular formula is C14H19N5O4S. The Balaban J connectivity index is 2.12. The van der Waals surface area contributed by atoms with Gasteiger partial charge < -0.3 is 14.8 Å². The van der Waals surface area contributed by atoms with Gasteiger partial charge in [-0.05, 0) is 24.3 Å². The van der Waals surface area contributed by atoms with E-state index in [2.05, 4.69) is 20.2 Å². The van der Waals surface area contributed by atoms with Crippen LogP contribution in [-0.4, -0.2) is 51.2 Å². The number of hydrogen-bond donors (Lipinski definition) is 2. The SMILES string of the molecule is COc1ccc(Nc2ccc(NS(=O)(=O)N(C)C)nn2)cc1OC. The molecule has 0 saturated heterocycles. The first-order valence-electron chi connectivity index (χ1n) is 6.89. The number of nitrogens with one attached hydrogen (secondary N) is 2. The van der Waals surface area contributed by atoms with Crippen LogP contribution < -0.4 is 19.5 Å². The van der Waals surface area contributed by atoms with Crippen molar-refractivity contribution in [2.75, 3.05) is 38.4 Å². The zero-order chi connectivity index (χ0) is 17.7. The fourth-order valence-electron chi connectivity index (χ4n) is 1.74. The maximum atomic E-state index is 11.7. The Bertz CT molecular complexity index is 793. The molecule has 2 N–H and O–H groups in total. The van der Waals surface area contributed by atoms with Crippen LogP contribution in [0.15, 0.2) is 30.3 Å². The van der Waals surface area contributed by atoms with Crippen LogP contribution in [-0.2, 0) is 10.2 Å². The molecular weight excluding hydrogens is 334 g/mol. The molecule has 0 bridgehead atoms. The van der Waals surface area contributed by atoms with Crippen LogP contribution in [0.2, 0.25) is 0 Å². The average Bonchev–Trinajstić information content (AvgIpc) is 2.56. The monoisotopic (exact) mass is 353 g/mol. The molecule has 0 fully saturated rings. The summed E-state index contributed by atoms with van der Waals surface area (Å²) in [7, 11) is 2.34. The number of hydrogen-bond acceptors (Lipinski definition) is 7. The normalized spacial score (nSPS) is 11.2. The minimum absolute atomic E-state index is 0.126. The second-order valence-corrected chi connectivity index (χ2v) is 6.77. The summed E-state index contributed by atoms with van der Waals surface area (Å²) in [5.74, 6) is 1.77. The molecule has 2 aromatic rings. The van der Waals surface area contributed by atoms with Crippen LogP contribution in [0.25, 0.3) is 0 Å². The maximum absolute atomic E-state index is 11.7. The van der Waals surface area contributed by atoms with Crippen LogP contribution in [0.5, 0.6) is 11.5 Å². The topological polar surface area (TPSA) is 106 Å². The molecule has 1 aromatic carbocycles. The summed E-state index contributed by atoms with van der Waals surface area (Å²) in [6.07, 6.45) is 0. The Morgan fingerprint density at radius 2 is 1.58 bits per heavy atom. The van der Waals surface area contributed by atoms with Gasteiger partial charge >= 0.3 is 10.2 Å². The van der Waals surface area contributed by atoms with Gasteiger partial charge in [-0.15, -0.1) is 10.2 Å². The van der Waals surface area contributed by atoms with Crippen LogP contribution in [0.3, 0.4) is 0 Å². The van der Waals surface area contributed by atoms with Crippen LogP contribution in [0.4, 0.5) is 17.3 Å². The third-order valence-electron chi connectivity index (χ3n) is 3.03. The van der Waals surface area contributed by atoms with E-state index < -0.39 is 10.2 Å². The third-order valence-corrected chi connectivity index (χ3v) is 4.46. The Morgan fingerprint density at radius 1 is 0.958 bits per heavy atom. The van der Waals surface area contributed by atoms with Crippen LogP contribution >= 0.6 is 0 Å². The minimum atomic E-state index is -3.61. The van der Waals surface area contributed by atoms with Crippen molar-refractivity contribution in [3.63, 3.8) is 0 Å². The molecule has 0 aliphatic heterocycles. The molecule has 9 nitrogen and oxygen atoms in total. The second-order valence-electron chi connectivity index (χ2n) is 4.89. The number of methoxy groups -OCH3 is 2. The number of rotatable bonds is 7. The molecule has 0 atom stereocenters. The molecule has 130 valence electrons. The van der Waals surface area contributed by atoms with Gasteiger partial charge in [0.1, 0.15) is 0 Å². The molecule has 0 saturated carbocycles. The van der Waals surface area contributed by atoms with Gasteiger partial charge in [-0.3, -0.25) is 4.72 Å². The van der Waals surface area contributed by atoms with Gasteiger partial charge in [0.05, 0.1) is 14.2 Å². The van der Waals surface area contributed by atoms with Crippen molar-refractivity contribution in [3.05, 3.63) is 30.3 Å². The fourth-order valence-corrected chi connectivity index (χ4v) is 2.29. The first-order chi connectivity index (χ1) is 11.4. The lowest BCUT2D eigenvalue weighted by atomic mass is 10.2. The van der Waals surface area contributed by atoms with Crippen molar-refractivity contribution in [2.24, 2.45) is 0 Å². The lowest BCUT2D eigenvalue weighted by Crippen LogP contribution is -2.29. The van der Waals surface area contributed by atoms with E-state index in [1.165, 1.54) is 20.2 Å². The summed E-state index contributed by atoms with van der Waals surface area (Å²) in [5, 5.41) is 10.8. The van der Waals surface area contributed by atoms with Crippen LogP contribution in [0, 0.1) is 0 Å². The predicted octanol–water partition coefficient (Wildman–Crippen LogP) is 1.46. The molecule has 2 rings (SSSR count). The molecule has 0 unspecified atom stereocenters. The summed E-state index contributed by atoms with van der Waals surface area (Å²) in [6.45, 7) is 0. The summed E-state index contributed by atoms with van der Waals surface area (Å²) in [4.78, 5) is 0. The van der Waals surface area contributed by atoms with Crippen LogP contribution in [0.1, 0.15) is 0 Å². The molecule has 24 heavy (non-hydrogen) atoms. The van der Waals surface area contributed by atoms with Gasteiger partial charge in [0.25, 0.3) is 0 Å². The molecule has 10 heteroatoms. The Hall–Kier alpha value is -2.59. The van der Waals surface area contributed by atoms with Gasteiger partial charge in [-0.2, -0.15) is 12.7 Å². The molecule has 0 spiro atoms. The van der Waals surface area contributed by atoms with E-state index in [1.54, 1.807) is 38.5 Å². The van der Waals surface area contributed by atoms with Crippen molar-refractivity contribution < 1.29 is 17.9 Å². The van der Waals surface area contributed by atoms with E-state index in [1.807, 2.05) is 0 Å². The second kappa shape index (κ2) is 7.32. The zero-order valence-electron chi connectivity index (χ0n) is 13.8. The quantitative estimate of drug-likeness (QED) is 0.776. The first-order valence-corrected chi connectivity index (χ1v) is 8.33. The largest absolute Gasteiger partial charge is 0.493 e. The van der Waals surface area contributed by atoms with E-state index in [0.717, 1.165) is 9.99 Å². The molecule has 0 aliphatic carbocycles. The number of benzene rings is 1. The minimum Gasteiger partial charge on any atom is -0.493 e. The molecule has 0 aliphatic rings. The Labute approximate surface area is 140 Å². The smallest absolute Gasteiger partial charge is 0.302 e. The van der Waals surface area contributed by atoms with Gasteiger partial charge in [-0.1, -0.05) is 0 Å². The summed E-state index contributed by atoms with van der Waals surface area (Å²) >= 11 is 0. The van der Waals surface area contributed by atoms with Gasteiger partial charge in [0, 0.05) is 25.8 Å². The van der Waals surface area contributed by atoms with E-state index in [0.29, 0.717) is 17.3 Å². The Morgan fingerprint density at radius 3 is 2.12 bits per heavy atom. The highest BCUT2D eigenvalue weighted by Gasteiger charge is 2.14. The van der Waals surface area contributed by atoms with Gasteiger partial charge in [0.15, 0.2) is 23.1 Å². The highest BCUT2D eigenvalue weighted by molar-refractivity contribution is 7.90. The number of nitrogens with zero attached hydrogens (tertiary/aromatic N) is 3. The fraction of sp³-hybridized carbons (Fsp3) is 0.286. The summed E-state index contributed by atoms with van der Waals surface area (Å²) < 4.78 is 37.2. The standard InChI is InChI=1S/C14H19N5O4S/c1-19(2)24(20,21)18-14-8-7-13(16-17-14)15-10-5-6-11(22-3)12(9-10)23-4/h5-9H,1-4H3,(H,15,16)(H,17,18). The van der Waals surface area contributed by atoms with Crippen molar-refractivity contribution >= 4 is 27.5 Å². The van der Waals surface area contributed by atoms with Crippen molar-refractivity contribution in [2.45, 2.75) is 0 Å². The third kappa shape index (κ3) is 4.24. The average molecular weight is 353 g/mol. The molecule has 0 amide bonds. The predicted molar refractivity (Wildman–Crippen MR) is 91.1 cm³/mol. The van der Waals surface area contributed by atoms with Crippen molar-refractivity contribution in [1.82, 2.24) is 14.5 Å². The van der Waals surface area contributed by atoms with Crippen molar-refractivity contribution in [1.29, 1.82) is 0 Å². The van der Waals surface area contributed by atoms with E-state index >= 15 is 0 Å². The molecule has 0 radical (unpaired) electrons. The van der Waals surface area contributed by atoms with Crippen molar-refractivity contribution in [3.8, 4) is 11.5 Å². The number of ether oxygens (including phenoxy) is 2. The van der Waals surface area contributed by atoms with Gasteiger partial charge in [-0.25, -0.2) is 0 Å². The van der Waals surface area contributed by atoms with Gasteiger partial charge in [0.2, 0.25) is 0 Å². The molecule has 1 heterocycles. The summed E-state index contributed by atoms with van der Waals surface area (Å²) in [5.41, 5.74) is 0.726. The van der Waals surface area contributed by atoms with E-state index in [-0.39, 0.29) is 5.82 Å². The van der Waals surface area contributed by atoms with E-state index in [4.69, 9.17) is 9.47 Å². The lowest BCUT2D eigenvalue weighted by Gasteiger charge is -2.13. The summed E-state index contributed by atoms with van der Waals surface area (Å²) in [6, 6.07) is 8.43.